The lowest BCUT2D eigenvalue weighted by Crippen LogP contribution is -2.21. The summed E-state index contributed by atoms with van der Waals surface area (Å²) in [5.41, 5.74) is 1.28. The number of carbonyl (C=O) groups is 1. The summed E-state index contributed by atoms with van der Waals surface area (Å²) in [6, 6.07) is 10.3. The van der Waals surface area contributed by atoms with Crippen LogP contribution in [0.2, 0.25) is 0 Å². The van der Waals surface area contributed by atoms with Crippen LogP contribution in [0, 0.1) is 0 Å². The van der Waals surface area contributed by atoms with Gasteiger partial charge in [-0.15, -0.1) is 11.6 Å². The van der Waals surface area contributed by atoms with Crippen LogP contribution >= 0.6 is 11.6 Å². The molecule has 0 amide bonds. The molecule has 0 saturated heterocycles. The Kier molecular flexibility index (Phi) is 6.67. The molecule has 0 saturated carbocycles. The number of nitrogens with zero attached hydrogens (tertiary/aromatic N) is 1. The quantitative estimate of drug-likeness (QED) is 0.425. The Morgan fingerprint density at radius 1 is 1.35 bits per heavy atom. The fourth-order valence-electron chi connectivity index (χ4n) is 1.53. The number of ether oxygens (including phenoxy) is 1. The van der Waals surface area contributed by atoms with Crippen molar-refractivity contribution < 1.29 is 9.53 Å². The first-order chi connectivity index (χ1) is 8.22. The van der Waals surface area contributed by atoms with E-state index in [4.69, 9.17) is 16.3 Å². The van der Waals surface area contributed by atoms with E-state index in [0.29, 0.717) is 6.61 Å². The summed E-state index contributed by atoms with van der Waals surface area (Å²) >= 11 is 5.32. The third-order valence-electron chi connectivity index (χ3n) is 2.35. The van der Waals surface area contributed by atoms with Crippen LogP contribution in [0.15, 0.2) is 30.3 Å². The van der Waals surface area contributed by atoms with Gasteiger partial charge in [-0.2, -0.15) is 0 Å². The molecule has 0 aliphatic heterocycles. The molecule has 0 radical (unpaired) electrons. The topological polar surface area (TPSA) is 29.5 Å². The van der Waals surface area contributed by atoms with Gasteiger partial charge in [-0.3, -0.25) is 4.79 Å². The van der Waals surface area contributed by atoms with Crippen molar-refractivity contribution in [2.45, 2.75) is 13.0 Å². The van der Waals surface area contributed by atoms with Crippen molar-refractivity contribution in [3.8, 4) is 0 Å². The van der Waals surface area contributed by atoms with E-state index in [1.807, 2.05) is 18.2 Å². The van der Waals surface area contributed by atoms with Gasteiger partial charge in [0.05, 0.1) is 6.61 Å². The van der Waals surface area contributed by atoms with Gasteiger partial charge >= 0.3 is 5.97 Å². The van der Waals surface area contributed by atoms with E-state index < -0.39 is 0 Å². The molecule has 94 valence electrons. The molecule has 0 aliphatic rings. The third-order valence-corrected chi connectivity index (χ3v) is 2.57. The summed E-state index contributed by atoms with van der Waals surface area (Å²) in [5.74, 6) is -0.419. The maximum atomic E-state index is 10.8. The van der Waals surface area contributed by atoms with Crippen molar-refractivity contribution in [2.24, 2.45) is 0 Å². The number of rotatable bonds is 7. The van der Waals surface area contributed by atoms with Gasteiger partial charge < -0.3 is 9.64 Å². The summed E-state index contributed by atoms with van der Waals surface area (Å²) in [6.07, 6.45) is 0.825. The van der Waals surface area contributed by atoms with Crippen molar-refractivity contribution in [1.82, 2.24) is 4.90 Å². The fourth-order valence-corrected chi connectivity index (χ4v) is 1.61. The smallest absolute Gasteiger partial charge is 0.320 e. The van der Waals surface area contributed by atoms with E-state index in [-0.39, 0.29) is 11.8 Å². The molecule has 0 fully saturated rings. The van der Waals surface area contributed by atoms with Crippen LogP contribution < -0.4 is 0 Å². The van der Waals surface area contributed by atoms with Crippen LogP contribution in [0.1, 0.15) is 12.0 Å². The summed E-state index contributed by atoms with van der Waals surface area (Å²) in [5, 5.41) is 0. The zero-order valence-electron chi connectivity index (χ0n) is 10.1. The van der Waals surface area contributed by atoms with Crippen molar-refractivity contribution >= 4 is 17.6 Å². The largest absolute Gasteiger partial charge is 0.465 e. The summed E-state index contributed by atoms with van der Waals surface area (Å²) < 4.78 is 4.89. The molecule has 0 unspecified atom stereocenters. The van der Waals surface area contributed by atoms with Gasteiger partial charge in [0.1, 0.15) is 5.88 Å². The van der Waals surface area contributed by atoms with Crippen molar-refractivity contribution in [3.05, 3.63) is 35.9 Å². The predicted molar refractivity (Wildman–Crippen MR) is 69.1 cm³/mol. The predicted octanol–water partition coefficient (Wildman–Crippen LogP) is 2.29. The Morgan fingerprint density at radius 3 is 2.71 bits per heavy atom. The zero-order chi connectivity index (χ0) is 12.5. The van der Waals surface area contributed by atoms with Crippen LogP contribution in [0.25, 0.3) is 0 Å². The standard InChI is InChI=1S/C13H18ClNO2/c1-15(8-5-9-17-13(16)10-14)11-12-6-3-2-4-7-12/h2-4,6-7H,5,8-11H2,1H3. The maximum Gasteiger partial charge on any atom is 0.320 e. The molecule has 0 spiro atoms. The number of hydrogen-bond acceptors (Lipinski definition) is 3. The molecule has 17 heavy (non-hydrogen) atoms. The van der Waals surface area contributed by atoms with Crippen molar-refractivity contribution in [1.29, 1.82) is 0 Å². The Morgan fingerprint density at radius 2 is 2.06 bits per heavy atom. The molecule has 4 heteroatoms. The first kappa shape index (κ1) is 14.0. The molecule has 0 N–H and O–H groups in total. The van der Waals surface area contributed by atoms with Crippen LogP contribution in [0.4, 0.5) is 0 Å². The lowest BCUT2D eigenvalue weighted by atomic mass is 10.2. The number of hydrogen-bond donors (Lipinski definition) is 0. The molecule has 1 aromatic carbocycles. The Bertz CT molecular complexity index is 329. The van der Waals surface area contributed by atoms with Crippen molar-refractivity contribution in [3.63, 3.8) is 0 Å². The highest BCUT2D eigenvalue weighted by Gasteiger charge is 2.02. The van der Waals surface area contributed by atoms with E-state index in [0.717, 1.165) is 19.5 Å². The second kappa shape index (κ2) is 8.09. The molecule has 0 atom stereocenters. The molecule has 0 aromatic heterocycles. The minimum absolute atomic E-state index is 0.0696. The van der Waals surface area contributed by atoms with Crippen LogP contribution in [0.3, 0.4) is 0 Å². The van der Waals surface area contributed by atoms with Crippen molar-refractivity contribution in [2.75, 3.05) is 26.1 Å². The first-order valence-electron chi connectivity index (χ1n) is 5.66. The van der Waals surface area contributed by atoms with Crippen LogP contribution in [0.5, 0.6) is 0 Å². The van der Waals surface area contributed by atoms with E-state index in [1.54, 1.807) is 0 Å². The number of esters is 1. The van der Waals surface area contributed by atoms with Gasteiger partial charge in [0, 0.05) is 13.1 Å². The molecule has 0 aliphatic carbocycles. The van der Waals surface area contributed by atoms with Crippen LogP contribution in [-0.2, 0) is 16.1 Å². The van der Waals surface area contributed by atoms with E-state index in [2.05, 4.69) is 24.1 Å². The Labute approximate surface area is 107 Å². The van der Waals surface area contributed by atoms with E-state index in [9.17, 15) is 4.79 Å². The van der Waals surface area contributed by atoms with Crippen LogP contribution in [-0.4, -0.2) is 36.9 Å². The van der Waals surface area contributed by atoms with Gasteiger partial charge in [0.2, 0.25) is 0 Å². The Balaban J connectivity index is 2.13. The average Bonchev–Trinajstić information content (AvgIpc) is 2.35. The van der Waals surface area contributed by atoms with Gasteiger partial charge in [0.15, 0.2) is 0 Å². The highest BCUT2D eigenvalue weighted by molar-refractivity contribution is 6.26. The molecule has 0 bridgehead atoms. The average molecular weight is 256 g/mol. The first-order valence-corrected chi connectivity index (χ1v) is 6.20. The molecular formula is C13H18ClNO2. The van der Waals surface area contributed by atoms with Gasteiger partial charge in [-0.25, -0.2) is 0 Å². The normalized spacial score (nSPS) is 10.5. The summed E-state index contributed by atoms with van der Waals surface area (Å²) in [4.78, 5) is 13.0. The number of halogens is 1. The molecule has 1 aromatic rings. The van der Waals surface area contributed by atoms with Gasteiger partial charge in [0.25, 0.3) is 0 Å². The second-order valence-corrected chi connectivity index (χ2v) is 4.20. The number of alkyl halides is 1. The second-order valence-electron chi connectivity index (χ2n) is 3.93. The third kappa shape index (κ3) is 6.29. The molecule has 0 heterocycles. The lowest BCUT2D eigenvalue weighted by molar-refractivity contribution is -0.140. The maximum absolute atomic E-state index is 10.8. The lowest BCUT2D eigenvalue weighted by Gasteiger charge is -2.16. The minimum Gasteiger partial charge on any atom is -0.465 e. The van der Waals surface area contributed by atoms with E-state index in [1.165, 1.54) is 5.56 Å². The monoisotopic (exact) mass is 255 g/mol. The van der Waals surface area contributed by atoms with E-state index >= 15 is 0 Å². The molecule has 3 nitrogen and oxygen atoms in total. The fraction of sp³-hybridized carbons (Fsp3) is 0.462. The molecular weight excluding hydrogens is 238 g/mol. The summed E-state index contributed by atoms with van der Waals surface area (Å²) in [7, 11) is 2.05. The zero-order valence-corrected chi connectivity index (χ0v) is 10.8. The molecule has 1 rings (SSSR count). The highest BCUT2D eigenvalue weighted by atomic mass is 35.5. The SMILES string of the molecule is CN(CCCOC(=O)CCl)Cc1ccccc1. The highest BCUT2D eigenvalue weighted by Crippen LogP contribution is 2.02. The summed E-state index contributed by atoms with van der Waals surface area (Å²) in [6.45, 7) is 2.24. The van der Waals surface area contributed by atoms with Gasteiger partial charge in [-0.05, 0) is 19.0 Å². The number of benzene rings is 1. The Hall–Kier alpha value is -1.06. The van der Waals surface area contributed by atoms with Gasteiger partial charge in [-0.1, -0.05) is 30.3 Å². The minimum atomic E-state index is -0.350. The number of carbonyl (C=O) groups excluding carboxylic acids is 1.